The molecule has 0 aliphatic heterocycles. The van der Waals surface area contributed by atoms with Gasteiger partial charge in [0.15, 0.2) is 0 Å². The molecule has 0 bridgehead atoms. The van der Waals surface area contributed by atoms with Crippen LogP contribution in [0.2, 0.25) is 0 Å². The van der Waals surface area contributed by atoms with Crippen molar-refractivity contribution in [3.63, 3.8) is 0 Å². The molecule has 5 nitrogen and oxygen atoms in total. The molecule has 0 heterocycles. The molecule has 1 aliphatic rings. The van der Waals surface area contributed by atoms with Crippen molar-refractivity contribution in [2.24, 2.45) is 11.8 Å². The number of amides is 2. The zero-order valence-electron chi connectivity index (χ0n) is 12.3. The molecule has 3 atom stereocenters. The third-order valence-corrected chi connectivity index (χ3v) is 3.87. The minimum absolute atomic E-state index is 0.241. The molecule has 3 N–H and O–H groups in total. The number of hydrogen-bond donors (Lipinski definition) is 3. The fraction of sp³-hybridized carbons (Fsp3) is 0.846. The van der Waals surface area contributed by atoms with Gasteiger partial charge in [0.05, 0.1) is 0 Å². The summed E-state index contributed by atoms with van der Waals surface area (Å²) in [5.74, 6) is -1.41. The zero-order valence-corrected chi connectivity index (χ0v) is 12.3. The molecule has 0 aromatic carbocycles. The van der Waals surface area contributed by atoms with Gasteiger partial charge in [-0.2, -0.15) is 13.2 Å². The van der Waals surface area contributed by atoms with Crippen LogP contribution in [0.3, 0.4) is 0 Å². The second-order valence-electron chi connectivity index (χ2n) is 6.14. The number of alkyl halides is 3. The van der Waals surface area contributed by atoms with Crippen LogP contribution in [-0.4, -0.2) is 34.9 Å². The average molecular weight is 310 g/mol. The van der Waals surface area contributed by atoms with Gasteiger partial charge in [0.2, 0.25) is 5.54 Å². The third-order valence-electron chi connectivity index (χ3n) is 3.87. The summed E-state index contributed by atoms with van der Waals surface area (Å²) >= 11 is 0. The highest BCUT2D eigenvalue weighted by molar-refractivity contribution is 5.86. The van der Waals surface area contributed by atoms with E-state index in [1.54, 1.807) is 0 Å². The van der Waals surface area contributed by atoms with Gasteiger partial charge in [0.25, 0.3) is 0 Å². The highest BCUT2D eigenvalue weighted by Gasteiger charge is 2.58. The van der Waals surface area contributed by atoms with Gasteiger partial charge in [-0.1, -0.05) is 13.8 Å². The quantitative estimate of drug-likeness (QED) is 0.749. The summed E-state index contributed by atoms with van der Waals surface area (Å²) in [4.78, 5) is 22.5. The molecule has 3 unspecified atom stereocenters. The van der Waals surface area contributed by atoms with Crippen LogP contribution in [-0.2, 0) is 4.79 Å². The third kappa shape index (κ3) is 4.25. The first kappa shape index (κ1) is 17.6. The van der Waals surface area contributed by atoms with E-state index in [-0.39, 0.29) is 6.04 Å². The van der Waals surface area contributed by atoms with Crippen LogP contribution >= 0.6 is 0 Å². The van der Waals surface area contributed by atoms with Gasteiger partial charge >= 0.3 is 18.2 Å². The number of carbonyl (C=O) groups excluding carboxylic acids is 1. The Bertz CT molecular complexity index is 404. The highest BCUT2D eigenvalue weighted by Crippen LogP contribution is 2.31. The Kier molecular flexibility index (Phi) is 5.11. The number of halogens is 3. The van der Waals surface area contributed by atoms with E-state index >= 15 is 0 Å². The lowest BCUT2D eigenvalue weighted by atomic mass is 9.80. The van der Waals surface area contributed by atoms with Gasteiger partial charge in [0, 0.05) is 6.04 Å². The van der Waals surface area contributed by atoms with E-state index in [2.05, 4.69) is 5.32 Å². The summed E-state index contributed by atoms with van der Waals surface area (Å²) in [6, 6.07) is -1.35. The molecule has 8 heteroatoms. The number of aliphatic carboxylic acids is 1. The van der Waals surface area contributed by atoms with E-state index in [0.29, 0.717) is 31.6 Å². The normalized spacial score (nSPS) is 29.3. The maximum Gasteiger partial charge on any atom is 0.422 e. The molecule has 0 radical (unpaired) electrons. The fourth-order valence-corrected chi connectivity index (χ4v) is 2.76. The van der Waals surface area contributed by atoms with Gasteiger partial charge in [-0.3, -0.25) is 0 Å². The Labute approximate surface area is 121 Å². The second-order valence-corrected chi connectivity index (χ2v) is 6.14. The van der Waals surface area contributed by atoms with E-state index in [1.807, 2.05) is 13.8 Å². The SMILES string of the molecule is CC1CC(C)CC(NC(=O)NC(C)(C(=O)O)C(F)(F)F)C1. The van der Waals surface area contributed by atoms with E-state index in [9.17, 15) is 22.8 Å². The summed E-state index contributed by atoms with van der Waals surface area (Å²) in [5, 5.41) is 12.7. The van der Waals surface area contributed by atoms with Gasteiger partial charge < -0.3 is 15.7 Å². The monoisotopic (exact) mass is 310 g/mol. The van der Waals surface area contributed by atoms with Gasteiger partial charge in [0.1, 0.15) is 0 Å². The Morgan fingerprint density at radius 1 is 1.10 bits per heavy atom. The number of carboxylic acids is 1. The molecule has 21 heavy (non-hydrogen) atoms. The molecular formula is C13H21F3N2O3. The summed E-state index contributed by atoms with van der Waals surface area (Å²) in [6.45, 7) is 4.46. The predicted octanol–water partition coefficient (Wildman–Crippen LogP) is 2.52. The van der Waals surface area contributed by atoms with Crippen molar-refractivity contribution in [3.8, 4) is 0 Å². The smallest absolute Gasteiger partial charge is 0.422 e. The van der Waals surface area contributed by atoms with Gasteiger partial charge in [-0.15, -0.1) is 0 Å². The molecule has 2 amide bonds. The molecular weight excluding hydrogens is 289 g/mol. The van der Waals surface area contributed by atoms with Crippen LogP contribution in [0.15, 0.2) is 0 Å². The van der Waals surface area contributed by atoms with Crippen molar-refractivity contribution < 1.29 is 27.9 Å². The molecule has 0 aromatic heterocycles. The van der Waals surface area contributed by atoms with E-state index < -0.39 is 23.7 Å². The number of nitrogens with one attached hydrogen (secondary N) is 2. The van der Waals surface area contributed by atoms with E-state index in [4.69, 9.17) is 5.11 Å². The lowest BCUT2D eigenvalue weighted by Gasteiger charge is -2.34. The van der Waals surface area contributed by atoms with Gasteiger partial charge in [-0.05, 0) is 38.0 Å². The Balaban J connectivity index is 2.69. The van der Waals surface area contributed by atoms with Crippen LogP contribution in [0, 0.1) is 11.8 Å². The van der Waals surface area contributed by atoms with Crippen LogP contribution in [0.4, 0.5) is 18.0 Å². The molecule has 0 spiro atoms. The molecule has 122 valence electrons. The summed E-state index contributed by atoms with van der Waals surface area (Å²) < 4.78 is 38.4. The van der Waals surface area contributed by atoms with Crippen molar-refractivity contribution in [1.82, 2.24) is 10.6 Å². The van der Waals surface area contributed by atoms with Crippen LogP contribution < -0.4 is 10.6 Å². The Morgan fingerprint density at radius 3 is 1.95 bits per heavy atom. The van der Waals surface area contributed by atoms with Crippen molar-refractivity contribution >= 4 is 12.0 Å². The molecule has 1 rings (SSSR count). The second kappa shape index (κ2) is 6.11. The predicted molar refractivity (Wildman–Crippen MR) is 69.7 cm³/mol. The average Bonchev–Trinajstić information content (AvgIpc) is 2.24. The van der Waals surface area contributed by atoms with E-state index in [1.165, 1.54) is 5.32 Å². The summed E-state index contributed by atoms with van der Waals surface area (Å²) in [5.41, 5.74) is -3.30. The van der Waals surface area contributed by atoms with Gasteiger partial charge in [-0.25, -0.2) is 9.59 Å². The first-order chi connectivity index (χ1) is 9.45. The van der Waals surface area contributed by atoms with Crippen molar-refractivity contribution in [3.05, 3.63) is 0 Å². The lowest BCUT2D eigenvalue weighted by Crippen LogP contribution is -2.64. The Morgan fingerprint density at radius 2 is 1.57 bits per heavy atom. The minimum Gasteiger partial charge on any atom is -0.479 e. The van der Waals surface area contributed by atoms with Crippen molar-refractivity contribution in [2.75, 3.05) is 0 Å². The van der Waals surface area contributed by atoms with Crippen LogP contribution in [0.5, 0.6) is 0 Å². The Hall–Kier alpha value is -1.47. The summed E-state index contributed by atoms with van der Waals surface area (Å²) in [6.07, 6.45) is -2.72. The molecule has 1 saturated carbocycles. The number of carbonyl (C=O) groups is 2. The largest absolute Gasteiger partial charge is 0.479 e. The first-order valence-corrected chi connectivity index (χ1v) is 6.84. The molecule has 1 fully saturated rings. The molecule has 1 aliphatic carbocycles. The van der Waals surface area contributed by atoms with E-state index in [0.717, 1.165) is 6.42 Å². The maximum atomic E-state index is 12.8. The maximum absolute atomic E-state index is 12.8. The number of rotatable bonds is 3. The fourth-order valence-electron chi connectivity index (χ4n) is 2.76. The first-order valence-electron chi connectivity index (χ1n) is 6.84. The lowest BCUT2D eigenvalue weighted by molar-refractivity contribution is -0.203. The zero-order chi connectivity index (χ0) is 16.4. The number of hydrogen-bond acceptors (Lipinski definition) is 2. The minimum atomic E-state index is -5.08. The van der Waals surface area contributed by atoms with Crippen molar-refractivity contribution in [2.45, 2.75) is 57.8 Å². The molecule has 0 aromatic rings. The highest BCUT2D eigenvalue weighted by atomic mass is 19.4. The topological polar surface area (TPSA) is 78.4 Å². The summed E-state index contributed by atoms with van der Waals surface area (Å²) in [7, 11) is 0. The number of urea groups is 1. The van der Waals surface area contributed by atoms with Crippen molar-refractivity contribution in [1.29, 1.82) is 0 Å². The van der Waals surface area contributed by atoms with Crippen LogP contribution in [0.1, 0.15) is 40.0 Å². The number of carboxylic acid groups (broad SMARTS) is 1. The molecule has 0 saturated heterocycles. The standard InChI is InChI=1S/C13H21F3N2O3/c1-7-4-8(2)6-9(5-7)17-11(21)18-12(3,10(19)20)13(14,15)16/h7-9H,4-6H2,1-3H3,(H,19,20)(H2,17,18,21). The van der Waals surface area contributed by atoms with Crippen LogP contribution in [0.25, 0.3) is 0 Å².